The van der Waals surface area contributed by atoms with Crippen LogP contribution in [0.25, 0.3) is 0 Å². The Bertz CT molecular complexity index is 828. The van der Waals surface area contributed by atoms with Crippen LogP contribution in [0.1, 0.15) is 69.2 Å². The van der Waals surface area contributed by atoms with Crippen LogP contribution in [0.2, 0.25) is 0 Å². The maximum Gasteiger partial charge on any atom is 0.191 e. The lowest BCUT2D eigenvalue weighted by molar-refractivity contribution is 0.0355. The van der Waals surface area contributed by atoms with Crippen molar-refractivity contribution in [2.24, 2.45) is 4.99 Å². The topological polar surface area (TPSA) is 83.7 Å². The van der Waals surface area contributed by atoms with Gasteiger partial charge in [-0.15, -0.1) is 24.0 Å². The van der Waals surface area contributed by atoms with Crippen LogP contribution in [0.15, 0.2) is 39.8 Å². The predicted molar refractivity (Wildman–Crippen MR) is 144 cm³/mol. The first kappa shape index (κ1) is 27.6. The number of ether oxygens (including phenoxy) is 1. The fraction of sp³-hybridized carbons (Fsp3) is 0.600. The quantitative estimate of drug-likeness (QED) is 0.224. The van der Waals surface area contributed by atoms with E-state index in [0.717, 1.165) is 75.0 Å². The summed E-state index contributed by atoms with van der Waals surface area (Å²) in [4.78, 5) is 4.86. The van der Waals surface area contributed by atoms with Gasteiger partial charge < -0.3 is 25.2 Å². The summed E-state index contributed by atoms with van der Waals surface area (Å²) in [5.41, 5.74) is 3.36. The Balaban J connectivity index is 0.00000385. The number of halogens is 1. The molecule has 2 heterocycles. The number of hydrogen-bond donors (Lipinski definition) is 3. The first-order chi connectivity index (χ1) is 15.6. The van der Waals surface area contributed by atoms with Crippen molar-refractivity contribution in [3.63, 3.8) is 0 Å². The summed E-state index contributed by atoms with van der Waals surface area (Å²) in [6.45, 7) is 12.2. The summed E-state index contributed by atoms with van der Waals surface area (Å²) >= 11 is 0. The van der Waals surface area contributed by atoms with E-state index in [4.69, 9.17) is 14.3 Å². The molecule has 1 fully saturated rings. The van der Waals surface area contributed by atoms with Gasteiger partial charge in [-0.1, -0.05) is 49.3 Å². The molecule has 3 rings (SSSR count). The molecule has 0 aliphatic carbocycles. The van der Waals surface area contributed by atoms with Crippen LogP contribution in [0.3, 0.4) is 0 Å². The molecule has 1 unspecified atom stereocenters. The molecule has 8 heteroatoms. The minimum Gasteiger partial charge on any atom is -0.381 e. The van der Waals surface area contributed by atoms with E-state index >= 15 is 0 Å². The highest BCUT2D eigenvalue weighted by Crippen LogP contribution is 2.25. The average molecular weight is 570 g/mol. The van der Waals surface area contributed by atoms with Crippen molar-refractivity contribution < 1.29 is 9.26 Å². The Morgan fingerprint density at radius 3 is 2.45 bits per heavy atom. The Kier molecular flexibility index (Phi) is 11.6. The van der Waals surface area contributed by atoms with E-state index in [1.54, 1.807) is 0 Å². The van der Waals surface area contributed by atoms with Crippen LogP contribution in [0, 0.1) is 0 Å². The van der Waals surface area contributed by atoms with Gasteiger partial charge in [-0.25, -0.2) is 4.99 Å². The normalized spacial score (nSPS) is 16.7. The van der Waals surface area contributed by atoms with Crippen molar-refractivity contribution in [1.29, 1.82) is 0 Å². The van der Waals surface area contributed by atoms with Gasteiger partial charge in [-0.2, -0.15) is 0 Å². The Hall–Kier alpha value is -1.65. The Labute approximate surface area is 215 Å². The van der Waals surface area contributed by atoms with E-state index in [0.29, 0.717) is 6.54 Å². The molecule has 0 saturated carbocycles. The van der Waals surface area contributed by atoms with E-state index in [1.807, 2.05) is 0 Å². The molecule has 0 spiro atoms. The molecule has 1 aromatic carbocycles. The minimum atomic E-state index is -0.0515. The molecule has 1 aliphatic heterocycles. The fourth-order valence-electron chi connectivity index (χ4n) is 4.29. The van der Waals surface area contributed by atoms with E-state index in [2.05, 4.69) is 79.1 Å². The number of nitrogens with one attached hydrogen (secondary N) is 3. The molecule has 1 aromatic heterocycles. The Morgan fingerprint density at radius 2 is 1.82 bits per heavy atom. The standard InChI is InChI=1S/C25H39N5O2.HI/c1-5-22-21(23(6-2)32-30-22)17-27-24(26-7-3)28-18-25(13-15-31-16-14-25)29-19(4)20-11-9-8-10-12-20;/h8-12,19,29H,5-7,13-18H2,1-4H3,(H2,26,27,28);1H. The van der Waals surface area contributed by atoms with E-state index in [1.165, 1.54) is 5.56 Å². The third-order valence-corrected chi connectivity index (χ3v) is 6.21. The monoisotopic (exact) mass is 569 g/mol. The second-order valence-electron chi connectivity index (χ2n) is 8.46. The smallest absolute Gasteiger partial charge is 0.191 e. The number of aliphatic imine (C=N–C) groups is 1. The van der Waals surface area contributed by atoms with Gasteiger partial charge >= 0.3 is 0 Å². The fourth-order valence-corrected chi connectivity index (χ4v) is 4.29. The van der Waals surface area contributed by atoms with Crippen LogP contribution >= 0.6 is 24.0 Å². The van der Waals surface area contributed by atoms with Crippen molar-refractivity contribution in [3.05, 3.63) is 52.9 Å². The van der Waals surface area contributed by atoms with Gasteiger partial charge in [0.15, 0.2) is 5.96 Å². The molecule has 0 amide bonds. The van der Waals surface area contributed by atoms with Crippen molar-refractivity contribution in [2.45, 2.75) is 71.5 Å². The van der Waals surface area contributed by atoms with E-state index in [-0.39, 0.29) is 35.6 Å². The lowest BCUT2D eigenvalue weighted by atomic mass is 9.88. The van der Waals surface area contributed by atoms with Crippen LogP contribution in [-0.2, 0) is 24.1 Å². The van der Waals surface area contributed by atoms with E-state index in [9.17, 15) is 0 Å². The van der Waals surface area contributed by atoms with Crippen molar-refractivity contribution in [2.75, 3.05) is 26.3 Å². The van der Waals surface area contributed by atoms with Gasteiger partial charge in [0.25, 0.3) is 0 Å². The minimum absolute atomic E-state index is 0. The number of hydrogen-bond acceptors (Lipinski definition) is 5. The molecule has 3 N–H and O–H groups in total. The summed E-state index contributed by atoms with van der Waals surface area (Å²) in [6, 6.07) is 10.9. The number of benzene rings is 1. The van der Waals surface area contributed by atoms with E-state index < -0.39 is 0 Å². The van der Waals surface area contributed by atoms with Gasteiger partial charge in [0.1, 0.15) is 5.76 Å². The summed E-state index contributed by atoms with van der Waals surface area (Å²) in [7, 11) is 0. The van der Waals surface area contributed by atoms with Gasteiger partial charge in [0, 0.05) is 49.9 Å². The zero-order valence-electron chi connectivity index (χ0n) is 20.4. The number of aryl methyl sites for hydroxylation is 2. The van der Waals surface area contributed by atoms with Gasteiger partial charge in [0.2, 0.25) is 0 Å². The van der Waals surface area contributed by atoms with Crippen LogP contribution < -0.4 is 16.0 Å². The number of rotatable bonds is 10. The maximum absolute atomic E-state index is 5.68. The zero-order valence-corrected chi connectivity index (χ0v) is 22.8. The van der Waals surface area contributed by atoms with Gasteiger partial charge in [-0.3, -0.25) is 0 Å². The highest BCUT2D eigenvalue weighted by atomic mass is 127. The third kappa shape index (κ3) is 7.68. The number of nitrogens with zero attached hydrogens (tertiary/aromatic N) is 2. The first-order valence-electron chi connectivity index (χ1n) is 12.0. The summed E-state index contributed by atoms with van der Waals surface area (Å²) in [5, 5.41) is 15.1. The summed E-state index contributed by atoms with van der Waals surface area (Å²) in [5.74, 6) is 1.75. The van der Waals surface area contributed by atoms with Gasteiger partial charge in [-0.05, 0) is 38.7 Å². The second-order valence-corrected chi connectivity index (χ2v) is 8.46. The van der Waals surface area contributed by atoms with Crippen LogP contribution in [0.5, 0.6) is 0 Å². The average Bonchev–Trinajstić information content (AvgIpc) is 3.24. The van der Waals surface area contributed by atoms with Crippen molar-refractivity contribution in [3.8, 4) is 0 Å². The summed E-state index contributed by atoms with van der Waals surface area (Å²) < 4.78 is 11.2. The maximum atomic E-state index is 5.68. The lowest BCUT2D eigenvalue weighted by Crippen LogP contribution is -2.58. The molecule has 7 nitrogen and oxygen atoms in total. The first-order valence-corrected chi connectivity index (χ1v) is 12.0. The molecule has 33 heavy (non-hydrogen) atoms. The SMILES string of the molecule is CCNC(=NCc1c(CC)noc1CC)NCC1(NC(C)c2ccccc2)CCOCC1.I. The van der Waals surface area contributed by atoms with Crippen LogP contribution in [0.4, 0.5) is 0 Å². The predicted octanol–water partition coefficient (Wildman–Crippen LogP) is 4.37. The van der Waals surface area contributed by atoms with Crippen molar-refractivity contribution >= 4 is 29.9 Å². The molecule has 184 valence electrons. The third-order valence-electron chi connectivity index (χ3n) is 6.21. The Morgan fingerprint density at radius 1 is 1.09 bits per heavy atom. The molecule has 0 bridgehead atoms. The number of aromatic nitrogens is 1. The lowest BCUT2D eigenvalue weighted by Gasteiger charge is -2.41. The van der Waals surface area contributed by atoms with Crippen LogP contribution in [-0.4, -0.2) is 43.0 Å². The molecule has 0 radical (unpaired) electrons. The van der Waals surface area contributed by atoms with Gasteiger partial charge in [0.05, 0.1) is 12.2 Å². The van der Waals surface area contributed by atoms with Crippen molar-refractivity contribution in [1.82, 2.24) is 21.1 Å². The molecule has 1 aliphatic rings. The highest BCUT2D eigenvalue weighted by molar-refractivity contribution is 14.0. The largest absolute Gasteiger partial charge is 0.381 e. The molecular weight excluding hydrogens is 529 g/mol. The molecule has 1 atom stereocenters. The summed E-state index contributed by atoms with van der Waals surface area (Å²) in [6.07, 6.45) is 3.60. The highest BCUT2D eigenvalue weighted by Gasteiger charge is 2.34. The zero-order chi connectivity index (χ0) is 22.8. The number of guanidine groups is 1. The second kappa shape index (κ2) is 13.9. The molecule has 1 saturated heterocycles. The molecular formula is C25H40IN5O2. The molecule has 2 aromatic rings.